The predicted octanol–water partition coefficient (Wildman–Crippen LogP) is 3.90. The van der Waals surface area contributed by atoms with E-state index in [1.54, 1.807) is 6.08 Å². The van der Waals surface area contributed by atoms with Crippen LogP contribution in [0.3, 0.4) is 0 Å². The van der Waals surface area contributed by atoms with Crippen LogP contribution in [0.2, 0.25) is 18.1 Å². The Kier molecular flexibility index (Phi) is 6.78. The number of rotatable bonds is 8. The van der Waals surface area contributed by atoms with Crippen LogP contribution in [-0.2, 0) is 18.7 Å². The number of methoxy groups -OCH3 is 1. The van der Waals surface area contributed by atoms with E-state index in [4.69, 9.17) is 13.9 Å². The van der Waals surface area contributed by atoms with E-state index in [0.29, 0.717) is 6.61 Å². The lowest BCUT2D eigenvalue weighted by molar-refractivity contribution is -0.179. The van der Waals surface area contributed by atoms with Crippen molar-refractivity contribution in [3.8, 4) is 0 Å². The van der Waals surface area contributed by atoms with E-state index in [-0.39, 0.29) is 28.8 Å². The molecule has 27 heavy (non-hydrogen) atoms. The van der Waals surface area contributed by atoms with Gasteiger partial charge in [-0.2, -0.15) is 0 Å². The highest BCUT2D eigenvalue weighted by Crippen LogP contribution is 2.63. The molecule has 2 fully saturated rings. The maximum absolute atomic E-state index is 12.1. The van der Waals surface area contributed by atoms with E-state index in [0.717, 1.165) is 19.4 Å². The lowest BCUT2D eigenvalue weighted by Crippen LogP contribution is -2.60. The molecular formula is C21H36O5Si. The Morgan fingerprint density at radius 1 is 1.41 bits per heavy atom. The van der Waals surface area contributed by atoms with Crippen LogP contribution in [0.5, 0.6) is 0 Å². The van der Waals surface area contributed by atoms with E-state index in [9.17, 15) is 9.90 Å². The highest BCUT2D eigenvalue weighted by atomic mass is 28.4. The number of hydrogen-bond donors (Lipinski definition) is 1. The van der Waals surface area contributed by atoms with Crippen molar-refractivity contribution in [2.75, 3.05) is 20.3 Å². The van der Waals surface area contributed by atoms with Gasteiger partial charge in [0, 0.05) is 18.4 Å². The van der Waals surface area contributed by atoms with Gasteiger partial charge in [0.15, 0.2) is 14.6 Å². The van der Waals surface area contributed by atoms with Gasteiger partial charge in [-0.3, -0.25) is 4.79 Å². The van der Waals surface area contributed by atoms with Gasteiger partial charge >= 0.3 is 5.97 Å². The van der Waals surface area contributed by atoms with Crippen molar-refractivity contribution >= 4 is 14.3 Å². The molecule has 0 amide bonds. The van der Waals surface area contributed by atoms with Gasteiger partial charge in [0.2, 0.25) is 0 Å². The zero-order chi connectivity index (χ0) is 20.5. The van der Waals surface area contributed by atoms with Crippen LogP contribution in [0.1, 0.15) is 33.6 Å². The van der Waals surface area contributed by atoms with E-state index in [1.165, 1.54) is 7.11 Å². The summed E-state index contributed by atoms with van der Waals surface area (Å²) >= 11 is 0. The number of carbonyl (C=O) groups is 1. The fraction of sp³-hybridized carbons (Fsp3) is 0.762. The molecule has 5 atom stereocenters. The first-order valence-electron chi connectivity index (χ1n) is 9.84. The first-order valence-corrected chi connectivity index (χ1v) is 12.8. The molecule has 2 rings (SSSR count). The van der Waals surface area contributed by atoms with Crippen molar-refractivity contribution in [1.82, 2.24) is 0 Å². The molecule has 0 aromatic heterocycles. The number of unbranched alkanes of at least 4 members (excludes halogenated alkanes) is 1. The number of aliphatic hydroxyl groups excluding tert-OH is 1. The molecule has 0 unspecified atom stereocenters. The van der Waals surface area contributed by atoms with E-state index in [2.05, 4.69) is 46.5 Å². The third-order valence-corrected chi connectivity index (χ3v) is 11.4. The summed E-state index contributed by atoms with van der Waals surface area (Å²) in [5.74, 6) is -0.791. The number of esters is 1. The highest BCUT2D eigenvalue weighted by Gasteiger charge is 2.69. The number of hydrogen-bond acceptors (Lipinski definition) is 5. The molecule has 0 bridgehead atoms. The SMILES string of the molecule is C=C[C@H]1[C@@H](C(=O)OC)[C@@H]2CO[C@@H](O)[C@]12/C=C/CCCO[Si](C)(C)C(C)(C)C. The fourth-order valence-electron chi connectivity index (χ4n) is 4.08. The second-order valence-corrected chi connectivity index (χ2v) is 14.1. The summed E-state index contributed by atoms with van der Waals surface area (Å²) in [5, 5.41) is 10.7. The van der Waals surface area contributed by atoms with Crippen LogP contribution >= 0.6 is 0 Å². The molecule has 1 saturated heterocycles. The molecule has 0 radical (unpaired) electrons. The Labute approximate surface area is 164 Å². The standard InChI is InChI=1S/C21H36O5Si/c1-8-15-17(18(22)24-5)16-14-25-19(23)21(15,16)12-10-9-11-13-26-27(6,7)20(2,3)4/h8,10,12,15-17,19,23H,1,9,11,13-14H2,2-7H3/b12-10+/t15-,16-,17+,19+,21+/m0/s1. The zero-order valence-corrected chi connectivity index (χ0v) is 18.7. The van der Waals surface area contributed by atoms with Crippen LogP contribution in [-0.4, -0.2) is 46.0 Å². The van der Waals surface area contributed by atoms with Gasteiger partial charge in [-0.15, -0.1) is 6.58 Å². The van der Waals surface area contributed by atoms with E-state index < -0.39 is 20.0 Å². The van der Waals surface area contributed by atoms with Crippen molar-refractivity contribution in [3.05, 3.63) is 24.8 Å². The Morgan fingerprint density at radius 3 is 2.63 bits per heavy atom. The maximum atomic E-state index is 12.1. The number of allylic oxidation sites excluding steroid dienone is 2. The second-order valence-electron chi connectivity index (χ2n) is 9.26. The molecule has 1 aliphatic heterocycles. The summed E-state index contributed by atoms with van der Waals surface area (Å²) in [6, 6.07) is 0. The highest BCUT2D eigenvalue weighted by molar-refractivity contribution is 6.74. The Bertz CT molecular complexity index is 580. The van der Waals surface area contributed by atoms with E-state index in [1.807, 2.05) is 6.08 Å². The largest absolute Gasteiger partial charge is 0.469 e. The molecule has 5 nitrogen and oxygen atoms in total. The van der Waals surface area contributed by atoms with Crippen LogP contribution in [0, 0.1) is 23.2 Å². The molecule has 6 heteroatoms. The lowest BCUT2D eigenvalue weighted by atomic mass is 9.47. The van der Waals surface area contributed by atoms with Gasteiger partial charge in [-0.25, -0.2) is 0 Å². The number of aliphatic hydroxyl groups is 1. The lowest BCUT2D eigenvalue weighted by Gasteiger charge is -2.54. The minimum absolute atomic E-state index is 0.0670. The monoisotopic (exact) mass is 396 g/mol. The predicted molar refractivity (Wildman–Crippen MR) is 109 cm³/mol. The summed E-state index contributed by atoms with van der Waals surface area (Å²) < 4.78 is 16.6. The number of carbonyl (C=O) groups excluding carboxylic acids is 1. The maximum Gasteiger partial charge on any atom is 0.309 e. The second kappa shape index (κ2) is 8.19. The molecule has 0 aromatic rings. The molecule has 2 aliphatic rings. The van der Waals surface area contributed by atoms with Crippen molar-refractivity contribution in [2.24, 2.45) is 23.2 Å². The van der Waals surface area contributed by atoms with Crippen LogP contribution in [0.4, 0.5) is 0 Å². The van der Waals surface area contributed by atoms with Gasteiger partial charge in [0.05, 0.1) is 25.0 Å². The van der Waals surface area contributed by atoms with Crippen molar-refractivity contribution < 1.29 is 23.8 Å². The molecular weight excluding hydrogens is 360 g/mol. The topological polar surface area (TPSA) is 65.0 Å². The van der Waals surface area contributed by atoms with Gasteiger partial charge in [0.25, 0.3) is 0 Å². The summed E-state index contributed by atoms with van der Waals surface area (Å²) in [6.45, 7) is 16.2. The van der Waals surface area contributed by atoms with Crippen LogP contribution in [0.15, 0.2) is 24.8 Å². The average Bonchev–Trinajstić information content (AvgIpc) is 2.83. The fourth-order valence-corrected chi connectivity index (χ4v) is 5.17. The van der Waals surface area contributed by atoms with E-state index >= 15 is 0 Å². The summed E-state index contributed by atoms with van der Waals surface area (Å²) in [6.07, 6.45) is 6.76. The van der Waals surface area contributed by atoms with Crippen molar-refractivity contribution in [3.63, 3.8) is 0 Å². The number of ether oxygens (including phenoxy) is 2. The third-order valence-electron chi connectivity index (χ3n) is 6.82. The van der Waals surface area contributed by atoms with Gasteiger partial charge in [0.1, 0.15) is 0 Å². The molecule has 154 valence electrons. The summed E-state index contributed by atoms with van der Waals surface area (Å²) in [4.78, 5) is 12.1. The Hall–Kier alpha value is -0.953. The van der Waals surface area contributed by atoms with Crippen molar-refractivity contribution in [2.45, 2.75) is 58.0 Å². The molecule has 0 spiro atoms. The molecule has 0 aromatic carbocycles. The normalized spacial score (nSPS) is 33.6. The number of fused-ring (bicyclic) bond motifs is 1. The molecule has 1 heterocycles. The minimum Gasteiger partial charge on any atom is -0.469 e. The minimum atomic E-state index is -1.71. The quantitative estimate of drug-likeness (QED) is 0.292. The average molecular weight is 397 g/mol. The van der Waals surface area contributed by atoms with Crippen molar-refractivity contribution in [1.29, 1.82) is 0 Å². The first kappa shape index (κ1) is 22.3. The molecule has 1 aliphatic carbocycles. The van der Waals surface area contributed by atoms with Gasteiger partial charge in [-0.05, 0) is 31.0 Å². The molecule has 1 N–H and O–H groups in total. The smallest absolute Gasteiger partial charge is 0.309 e. The van der Waals surface area contributed by atoms with Crippen LogP contribution in [0.25, 0.3) is 0 Å². The van der Waals surface area contributed by atoms with Gasteiger partial charge in [-0.1, -0.05) is 39.0 Å². The molecule has 1 saturated carbocycles. The van der Waals surface area contributed by atoms with Crippen LogP contribution < -0.4 is 0 Å². The zero-order valence-electron chi connectivity index (χ0n) is 17.7. The Morgan fingerprint density at radius 2 is 2.07 bits per heavy atom. The first-order chi connectivity index (χ1) is 12.5. The van der Waals surface area contributed by atoms with Gasteiger partial charge < -0.3 is 19.0 Å². The third kappa shape index (κ3) is 3.95. The Balaban J connectivity index is 1.95. The summed E-state index contributed by atoms with van der Waals surface area (Å²) in [7, 11) is -0.312. The summed E-state index contributed by atoms with van der Waals surface area (Å²) in [5.41, 5.74) is -0.569.